The third kappa shape index (κ3) is 8.68. The van der Waals surface area contributed by atoms with E-state index >= 15 is 0 Å². The van der Waals surface area contributed by atoms with Gasteiger partial charge in [0.25, 0.3) is 0 Å². The van der Waals surface area contributed by atoms with Crippen molar-refractivity contribution in [2.45, 2.75) is 38.8 Å². The van der Waals surface area contributed by atoms with Gasteiger partial charge in [0.15, 0.2) is 5.12 Å². The van der Waals surface area contributed by atoms with E-state index in [1.54, 1.807) is 36.4 Å². The molecule has 0 saturated heterocycles. The number of phenolic OH excluding ortho intramolecular Hbond substituents is 2. The van der Waals surface area contributed by atoms with Crippen molar-refractivity contribution in [3.8, 4) is 11.5 Å². The molecule has 37 heavy (non-hydrogen) atoms. The summed E-state index contributed by atoms with van der Waals surface area (Å²) in [6.07, 6.45) is 0.166. The number of phenols is 2. The van der Waals surface area contributed by atoms with E-state index in [1.807, 2.05) is 37.3 Å². The average molecular weight is 522 g/mol. The van der Waals surface area contributed by atoms with Crippen LogP contribution in [0, 0.1) is 5.92 Å². The van der Waals surface area contributed by atoms with Crippen LogP contribution in [0.5, 0.6) is 11.5 Å². The number of ether oxygens (including phenoxy) is 1. The second-order valence-corrected chi connectivity index (χ2v) is 10.0. The molecule has 0 fully saturated rings. The van der Waals surface area contributed by atoms with Gasteiger partial charge < -0.3 is 20.3 Å². The number of benzene rings is 3. The SMILES string of the molecule is CC(=O)SCC(C(=O)NC(Cc1ccc(O)cc1)C(=O)OCc1ccccc1)C(C)c1ccc(O)cc1. The van der Waals surface area contributed by atoms with Gasteiger partial charge >= 0.3 is 5.97 Å². The standard InChI is InChI=1S/C29H31NO6S/c1-19(23-10-14-25(33)15-11-23)26(18-37-20(2)31)28(34)30-27(16-21-8-12-24(32)13-9-21)29(35)36-17-22-6-4-3-5-7-22/h3-15,19,26-27,32-33H,16-18H2,1-2H3,(H,30,34). The number of hydrogen-bond acceptors (Lipinski definition) is 7. The lowest BCUT2D eigenvalue weighted by Gasteiger charge is -2.26. The molecule has 0 aliphatic carbocycles. The number of rotatable bonds is 11. The van der Waals surface area contributed by atoms with Crippen molar-refractivity contribution < 1.29 is 29.3 Å². The van der Waals surface area contributed by atoms with E-state index in [9.17, 15) is 24.6 Å². The molecular weight excluding hydrogens is 490 g/mol. The lowest BCUT2D eigenvalue weighted by molar-refractivity contribution is -0.149. The van der Waals surface area contributed by atoms with Gasteiger partial charge in [-0.25, -0.2) is 4.79 Å². The second kappa shape index (κ2) is 13.5. The zero-order chi connectivity index (χ0) is 26.8. The summed E-state index contributed by atoms with van der Waals surface area (Å²) in [5, 5.41) is 22.0. The summed E-state index contributed by atoms with van der Waals surface area (Å²) in [5.74, 6) is -1.43. The number of thioether (sulfide) groups is 1. The van der Waals surface area contributed by atoms with Gasteiger partial charge in [-0.15, -0.1) is 0 Å². The van der Waals surface area contributed by atoms with Crippen molar-refractivity contribution in [3.05, 3.63) is 95.6 Å². The molecule has 3 rings (SSSR count). The summed E-state index contributed by atoms with van der Waals surface area (Å²) in [6, 6.07) is 21.2. The molecule has 0 spiro atoms. The largest absolute Gasteiger partial charge is 0.508 e. The van der Waals surface area contributed by atoms with E-state index in [1.165, 1.54) is 19.1 Å². The number of nitrogens with one attached hydrogen (secondary N) is 1. The Kier molecular flexibility index (Phi) is 10.1. The Bertz CT molecular complexity index is 1180. The maximum absolute atomic E-state index is 13.5. The monoisotopic (exact) mass is 521 g/mol. The van der Waals surface area contributed by atoms with Crippen molar-refractivity contribution in [1.29, 1.82) is 0 Å². The third-order valence-corrected chi connectivity index (χ3v) is 6.96. The molecule has 3 aromatic rings. The highest BCUT2D eigenvalue weighted by Crippen LogP contribution is 2.29. The van der Waals surface area contributed by atoms with Gasteiger partial charge in [-0.2, -0.15) is 0 Å². The van der Waals surface area contributed by atoms with E-state index in [-0.39, 0.29) is 47.2 Å². The summed E-state index contributed by atoms with van der Waals surface area (Å²) in [6.45, 7) is 3.38. The van der Waals surface area contributed by atoms with Gasteiger partial charge in [-0.3, -0.25) is 9.59 Å². The van der Waals surface area contributed by atoms with E-state index < -0.39 is 17.9 Å². The van der Waals surface area contributed by atoms with Gasteiger partial charge in [-0.05, 0) is 46.9 Å². The van der Waals surface area contributed by atoms with Crippen LogP contribution in [0.15, 0.2) is 78.9 Å². The summed E-state index contributed by atoms with van der Waals surface area (Å²) in [5.41, 5.74) is 2.38. The molecule has 0 saturated carbocycles. The number of aromatic hydroxyl groups is 2. The Morgan fingerprint density at radius 2 is 1.46 bits per heavy atom. The first kappa shape index (κ1) is 27.8. The van der Waals surface area contributed by atoms with Gasteiger partial charge in [0.05, 0.1) is 5.92 Å². The molecule has 0 radical (unpaired) electrons. The molecule has 3 N–H and O–H groups in total. The summed E-state index contributed by atoms with van der Waals surface area (Å²) in [7, 11) is 0. The Morgan fingerprint density at radius 3 is 2.05 bits per heavy atom. The first-order valence-electron chi connectivity index (χ1n) is 11.9. The van der Waals surface area contributed by atoms with Crippen LogP contribution in [0.1, 0.15) is 36.5 Å². The minimum Gasteiger partial charge on any atom is -0.508 e. The quantitative estimate of drug-likeness (QED) is 0.317. The lowest BCUT2D eigenvalue weighted by atomic mass is 9.87. The van der Waals surface area contributed by atoms with Crippen LogP contribution in [0.4, 0.5) is 0 Å². The number of amides is 1. The number of esters is 1. The number of carbonyl (C=O) groups is 3. The van der Waals surface area contributed by atoms with Gasteiger partial charge in [0, 0.05) is 19.1 Å². The highest BCUT2D eigenvalue weighted by Gasteiger charge is 2.31. The zero-order valence-electron chi connectivity index (χ0n) is 20.8. The normalized spacial score (nSPS) is 13.2. The Hall–Kier alpha value is -3.78. The molecule has 3 atom stereocenters. The third-order valence-electron chi connectivity index (χ3n) is 6.03. The highest BCUT2D eigenvalue weighted by molar-refractivity contribution is 8.13. The molecular formula is C29H31NO6S. The molecule has 8 heteroatoms. The van der Waals surface area contributed by atoms with Crippen LogP contribution < -0.4 is 5.32 Å². The van der Waals surface area contributed by atoms with Gasteiger partial charge in [-0.1, -0.05) is 73.3 Å². The van der Waals surface area contributed by atoms with Crippen LogP contribution in [-0.4, -0.2) is 39.0 Å². The molecule has 7 nitrogen and oxygen atoms in total. The van der Waals surface area contributed by atoms with Crippen LogP contribution >= 0.6 is 11.8 Å². The van der Waals surface area contributed by atoms with Crippen molar-refractivity contribution in [1.82, 2.24) is 5.32 Å². The van der Waals surface area contributed by atoms with E-state index in [0.29, 0.717) is 0 Å². The Labute approximate surface area is 220 Å². The molecule has 1 amide bonds. The van der Waals surface area contributed by atoms with Crippen LogP contribution in [-0.2, 0) is 32.1 Å². The van der Waals surface area contributed by atoms with E-state index in [4.69, 9.17) is 4.74 Å². The van der Waals surface area contributed by atoms with Crippen LogP contribution in [0.25, 0.3) is 0 Å². The molecule has 0 aliphatic heterocycles. The molecule has 0 aliphatic rings. The van der Waals surface area contributed by atoms with Gasteiger partial charge in [0.2, 0.25) is 5.91 Å². The first-order chi connectivity index (χ1) is 17.7. The fourth-order valence-electron chi connectivity index (χ4n) is 3.83. The lowest BCUT2D eigenvalue weighted by Crippen LogP contribution is -2.47. The predicted molar refractivity (Wildman–Crippen MR) is 143 cm³/mol. The smallest absolute Gasteiger partial charge is 0.329 e. The summed E-state index contributed by atoms with van der Waals surface area (Å²) >= 11 is 1.05. The second-order valence-electron chi connectivity index (χ2n) is 8.81. The number of carbonyl (C=O) groups excluding carboxylic acids is 3. The molecule has 3 aromatic carbocycles. The number of hydrogen-bond donors (Lipinski definition) is 3. The molecule has 0 bridgehead atoms. The topological polar surface area (TPSA) is 113 Å². The van der Waals surface area contributed by atoms with Crippen molar-refractivity contribution in [2.24, 2.45) is 5.92 Å². The van der Waals surface area contributed by atoms with Crippen LogP contribution in [0.2, 0.25) is 0 Å². The predicted octanol–water partition coefficient (Wildman–Crippen LogP) is 4.57. The van der Waals surface area contributed by atoms with E-state index in [2.05, 4.69) is 5.32 Å². The van der Waals surface area contributed by atoms with E-state index in [0.717, 1.165) is 28.5 Å². The Balaban J connectivity index is 1.80. The molecule has 0 heterocycles. The van der Waals surface area contributed by atoms with Crippen molar-refractivity contribution >= 4 is 28.8 Å². The average Bonchev–Trinajstić information content (AvgIpc) is 2.89. The molecule has 194 valence electrons. The van der Waals surface area contributed by atoms with Crippen LogP contribution in [0.3, 0.4) is 0 Å². The minimum absolute atomic E-state index is 0.0646. The summed E-state index contributed by atoms with van der Waals surface area (Å²) < 4.78 is 5.53. The minimum atomic E-state index is -0.974. The molecule has 3 unspecified atom stereocenters. The fourth-order valence-corrected chi connectivity index (χ4v) is 4.69. The molecule has 0 aromatic heterocycles. The maximum Gasteiger partial charge on any atom is 0.329 e. The zero-order valence-corrected chi connectivity index (χ0v) is 21.6. The first-order valence-corrected chi connectivity index (χ1v) is 12.9. The maximum atomic E-state index is 13.5. The van der Waals surface area contributed by atoms with Crippen molar-refractivity contribution in [3.63, 3.8) is 0 Å². The summed E-state index contributed by atoms with van der Waals surface area (Å²) in [4.78, 5) is 38.4. The Morgan fingerprint density at radius 1 is 0.865 bits per heavy atom. The van der Waals surface area contributed by atoms with Gasteiger partial charge in [0.1, 0.15) is 24.1 Å². The van der Waals surface area contributed by atoms with Crippen molar-refractivity contribution in [2.75, 3.05) is 5.75 Å². The fraction of sp³-hybridized carbons (Fsp3) is 0.276. The highest BCUT2D eigenvalue weighted by atomic mass is 32.2.